The Morgan fingerprint density at radius 3 is 2.44 bits per heavy atom. The van der Waals surface area contributed by atoms with E-state index in [-0.39, 0.29) is 28.6 Å². The van der Waals surface area contributed by atoms with Gasteiger partial charge < -0.3 is 20.3 Å². The van der Waals surface area contributed by atoms with Crippen molar-refractivity contribution in [2.24, 2.45) is 5.73 Å². The van der Waals surface area contributed by atoms with Crippen molar-refractivity contribution in [2.75, 3.05) is 18.0 Å². The molecule has 166 valence electrons. The molecule has 1 atom stereocenters. The van der Waals surface area contributed by atoms with Crippen molar-refractivity contribution < 1.29 is 23.1 Å². The van der Waals surface area contributed by atoms with Crippen molar-refractivity contribution in [2.45, 2.75) is 31.2 Å². The van der Waals surface area contributed by atoms with Crippen LogP contribution in [0, 0.1) is 17.5 Å². The van der Waals surface area contributed by atoms with E-state index in [0.29, 0.717) is 36.8 Å². The second kappa shape index (κ2) is 7.37. The van der Waals surface area contributed by atoms with Crippen LogP contribution in [-0.2, 0) is 0 Å². The van der Waals surface area contributed by atoms with Gasteiger partial charge in [0.05, 0.1) is 22.3 Å². The molecule has 2 heterocycles. The summed E-state index contributed by atoms with van der Waals surface area (Å²) in [6.45, 7) is 0.968. The van der Waals surface area contributed by atoms with Gasteiger partial charge in [0.2, 0.25) is 5.43 Å². The number of hydrogen-bond donors (Lipinski definition) is 2. The van der Waals surface area contributed by atoms with Crippen LogP contribution < -0.4 is 16.1 Å². The minimum absolute atomic E-state index is 0.0649. The lowest BCUT2D eigenvalue weighted by molar-refractivity contribution is 0.0695. The molecule has 9 heteroatoms. The van der Waals surface area contributed by atoms with Crippen molar-refractivity contribution in [1.29, 1.82) is 0 Å². The Bertz CT molecular complexity index is 1330. The number of fused-ring (bicyclic) bond motifs is 1. The van der Waals surface area contributed by atoms with Gasteiger partial charge in [-0.1, -0.05) is 0 Å². The highest BCUT2D eigenvalue weighted by Crippen LogP contribution is 2.49. The fourth-order valence-corrected chi connectivity index (χ4v) is 4.57. The van der Waals surface area contributed by atoms with Crippen molar-refractivity contribution in [3.63, 3.8) is 0 Å². The number of halogens is 3. The quantitative estimate of drug-likeness (QED) is 0.644. The Morgan fingerprint density at radius 1 is 1.09 bits per heavy atom. The lowest BCUT2D eigenvalue weighted by atomic mass is 9.99. The predicted octanol–water partition coefficient (Wildman–Crippen LogP) is 3.52. The largest absolute Gasteiger partial charge is 0.477 e. The summed E-state index contributed by atoms with van der Waals surface area (Å²) in [5, 5.41) is 9.39. The lowest BCUT2D eigenvalue weighted by Crippen LogP contribution is -2.28. The SMILES string of the molecule is NC1CCN(c2c(F)cc3c(=O)c(C(=O)O)cn(-c4ccc(F)cc4F)c3c2C2CC2)C1. The molecule has 1 aliphatic carbocycles. The number of carboxylic acids is 1. The van der Waals surface area contributed by atoms with E-state index in [2.05, 4.69) is 0 Å². The fraction of sp³-hybridized carbons (Fsp3) is 0.304. The van der Waals surface area contributed by atoms with Gasteiger partial charge in [0, 0.05) is 37.0 Å². The van der Waals surface area contributed by atoms with Crippen molar-refractivity contribution in [3.8, 4) is 5.69 Å². The number of nitrogens with two attached hydrogens (primary N) is 1. The summed E-state index contributed by atoms with van der Waals surface area (Å²) in [4.78, 5) is 26.5. The second-order valence-electron chi connectivity index (χ2n) is 8.43. The molecule has 3 aromatic rings. The summed E-state index contributed by atoms with van der Waals surface area (Å²) in [6.07, 6.45) is 3.23. The van der Waals surface area contributed by atoms with Crippen LogP contribution in [0.15, 0.2) is 35.3 Å². The topological polar surface area (TPSA) is 88.6 Å². The molecule has 1 aliphatic heterocycles. The van der Waals surface area contributed by atoms with Crippen LogP contribution in [0.1, 0.15) is 41.1 Å². The van der Waals surface area contributed by atoms with Gasteiger partial charge in [-0.05, 0) is 43.4 Å². The Hall–Kier alpha value is -3.33. The van der Waals surface area contributed by atoms with Gasteiger partial charge in [-0.15, -0.1) is 0 Å². The van der Waals surface area contributed by atoms with E-state index in [4.69, 9.17) is 5.73 Å². The van der Waals surface area contributed by atoms with E-state index in [1.54, 1.807) is 0 Å². The highest BCUT2D eigenvalue weighted by Gasteiger charge is 2.36. The molecule has 2 aliphatic rings. The van der Waals surface area contributed by atoms with Crippen molar-refractivity contribution >= 4 is 22.6 Å². The number of aromatic carboxylic acids is 1. The van der Waals surface area contributed by atoms with Crippen LogP contribution in [-0.4, -0.2) is 34.8 Å². The maximum absolute atomic E-state index is 15.4. The van der Waals surface area contributed by atoms with Gasteiger partial charge in [-0.25, -0.2) is 18.0 Å². The zero-order valence-corrected chi connectivity index (χ0v) is 16.9. The molecule has 1 saturated heterocycles. The summed E-state index contributed by atoms with van der Waals surface area (Å²) >= 11 is 0. The highest BCUT2D eigenvalue weighted by atomic mass is 19.1. The standard InChI is InChI=1S/C23H20F3N3O3/c24-12-3-4-18(16(25)7-12)29-10-15(23(31)32)22(30)14-8-17(26)21(28-6-5-13(27)9-28)19(20(14)29)11-1-2-11/h3-4,7-8,10-11,13H,1-2,5-6,9,27H2,(H,31,32). The smallest absolute Gasteiger partial charge is 0.341 e. The highest BCUT2D eigenvalue weighted by molar-refractivity contribution is 5.96. The van der Waals surface area contributed by atoms with Crippen LogP contribution in [0.4, 0.5) is 18.9 Å². The first kappa shape index (κ1) is 20.6. The van der Waals surface area contributed by atoms with Gasteiger partial charge in [0.15, 0.2) is 0 Å². The molecule has 0 spiro atoms. The van der Waals surface area contributed by atoms with E-state index in [1.807, 2.05) is 4.90 Å². The monoisotopic (exact) mass is 443 g/mol. The third-order valence-electron chi connectivity index (χ3n) is 6.18. The first-order valence-corrected chi connectivity index (χ1v) is 10.4. The third kappa shape index (κ3) is 3.24. The minimum atomic E-state index is -1.52. The van der Waals surface area contributed by atoms with Crippen molar-refractivity contribution in [3.05, 3.63) is 69.3 Å². The van der Waals surface area contributed by atoms with Gasteiger partial charge in [-0.3, -0.25) is 4.79 Å². The molecule has 0 amide bonds. The van der Waals surface area contributed by atoms with E-state index < -0.39 is 34.4 Å². The third-order valence-corrected chi connectivity index (χ3v) is 6.18. The number of aromatic nitrogens is 1. The van der Waals surface area contributed by atoms with Crippen LogP contribution in [0.3, 0.4) is 0 Å². The number of hydrogen-bond acceptors (Lipinski definition) is 4. The van der Waals surface area contributed by atoms with Gasteiger partial charge in [0.25, 0.3) is 0 Å². The van der Waals surface area contributed by atoms with Crippen LogP contribution in [0.25, 0.3) is 16.6 Å². The Kier molecular flexibility index (Phi) is 4.74. The zero-order valence-electron chi connectivity index (χ0n) is 16.9. The number of anilines is 1. The van der Waals surface area contributed by atoms with Crippen LogP contribution >= 0.6 is 0 Å². The summed E-state index contributed by atoms with van der Waals surface area (Å²) in [5.41, 5.74) is 5.51. The van der Waals surface area contributed by atoms with Gasteiger partial charge >= 0.3 is 5.97 Å². The number of rotatable bonds is 4. The number of benzene rings is 2. The van der Waals surface area contributed by atoms with E-state index >= 15 is 4.39 Å². The number of carbonyl (C=O) groups is 1. The molecule has 2 fully saturated rings. The Labute approximate surface area is 180 Å². The zero-order chi connectivity index (χ0) is 22.7. The molecule has 0 radical (unpaired) electrons. The van der Waals surface area contributed by atoms with E-state index in [9.17, 15) is 23.5 Å². The summed E-state index contributed by atoms with van der Waals surface area (Å²) in [7, 11) is 0. The molecule has 3 N–H and O–H groups in total. The second-order valence-corrected chi connectivity index (χ2v) is 8.43. The molecular weight excluding hydrogens is 423 g/mol. The van der Waals surface area contributed by atoms with E-state index in [1.165, 1.54) is 10.6 Å². The average Bonchev–Trinajstić information content (AvgIpc) is 3.48. The summed E-state index contributed by atoms with van der Waals surface area (Å²) < 4.78 is 45.0. The molecule has 6 nitrogen and oxygen atoms in total. The van der Waals surface area contributed by atoms with Gasteiger partial charge in [-0.2, -0.15) is 0 Å². The molecule has 1 aromatic heterocycles. The van der Waals surface area contributed by atoms with Crippen LogP contribution in [0.2, 0.25) is 0 Å². The van der Waals surface area contributed by atoms with Crippen LogP contribution in [0.5, 0.6) is 0 Å². The first-order chi connectivity index (χ1) is 15.3. The Balaban J connectivity index is 1.92. The molecule has 1 saturated carbocycles. The number of carboxylic acid groups (broad SMARTS) is 1. The van der Waals surface area contributed by atoms with Crippen molar-refractivity contribution in [1.82, 2.24) is 4.57 Å². The normalized spacial score (nSPS) is 18.5. The lowest BCUT2D eigenvalue weighted by Gasteiger charge is -2.26. The summed E-state index contributed by atoms with van der Waals surface area (Å²) in [6, 6.07) is 3.80. The average molecular weight is 443 g/mol. The van der Waals surface area contributed by atoms with Gasteiger partial charge in [0.1, 0.15) is 23.0 Å². The molecule has 0 bridgehead atoms. The molecule has 32 heavy (non-hydrogen) atoms. The predicted molar refractivity (Wildman–Crippen MR) is 113 cm³/mol. The molecule has 1 unspecified atom stereocenters. The number of pyridine rings is 1. The number of nitrogens with zero attached hydrogens (tertiary/aromatic N) is 2. The first-order valence-electron chi connectivity index (χ1n) is 10.4. The molecule has 2 aromatic carbocycles. The molecular formula is C23H20F3N3O3. The van der Waals surface area contributed by atoms with E-state index in [0.717, 1.165) is 31.2 Å². The minimum Gasteiger partial charge on any atom is -0.477 e. The summed E-state index contributed by atoms with van der Waals surface area (Å²) in [5.74, 6) is -3.95. The maximum Gasteiger partial charge on any atom is 0.341 e. The maximum atomic E-state index is 15.4. The fourth-order valence-electron chi connectivity index (χ4n) is 4.57. The Morgan fingerprint density at radius 2 is 1.84 bits per heavy atom. The molecule has 5 rings (SSSR count).